The Bertz CT molecular complexity index is 1160. The Morgan fingerprint density at radius 3 is 2.26 bits per heavy atom. The zero-order valence-corrected chi connectivity index (χ0v) is 19.3. The number of carbonyl (C=O) groups is 1. The van der Waals surface area contributed by atoms with Crippen molar-refractivity contribution < 1.29 is 21.6 Å². The van der Waals surface area contributed by atoms with Crippen LogP contribution >= 0.6 is 11.6 Å². The van der Waals surface area contributed by atoms with Crippen LogP contribution in [0, 0.1) is 0 Å². The van der Waals surface area contributed by atoms with Crippen molar-refractivity contribution in [3.8, 4) is 0 Å². The van der Waals surface area contributed by atoms with Crippen molar-refractivity contribution in [1.29, 1.82) is 0 Å². The number of halogens is 1. The number of anilines is 1. The molecule has 31 heavy (non-hydrogen) atoms. The Morgan fingerprint density at radius 2 is 1.68 bits per heavy atom. The molecule has 168 valence electrons. The molecule has 0 unspecified atom stereocenters. The summed E-state index contributed by atoms with van der Waals surface area (Å²) in [5.74, 6) is -0.953. The van der Waals surface area contributed by atoms with E-state index in [9.17, 15) is 21.6 Å². The third-order valence-corrected chi connectivity index (χ3v) is 8.61. The van der Waals surface area contributed by atoms with Crippen LogP contribution in [0.1, 0.15) is 43.1 Å². The number of rotatable bonds is 6. The minimum atomic E-state index is -3.71. The Hall–Kier alpha value is -2.08. The van der Waals surface area contributed by atoms with E-state index < -0.39 is 30.9 Å². The summed E-state index contributed by atoms with van der Waals surface area (Å²) in [6.07, 6.45) is 4.77. The fourth-order valence-electron chi connectivity index (χ4n) is 3.12. The van der Waals surface area contributed by atoms with Crippen LogP contribution in [-0.4, -0.2) is 55.9 Å². The van der Waals surface area contributed by atoms with E-state index in [2.05, 4.69) is 15.3 Å². The van der Waals surface area contributed by atoms with Gasteiger partial charge in [-0.1, -0.05) is 31.4 Å². The summed E-state index contributed by atoms with van der Waals surface area (Å²) in [6, 6.07) is 5.76. The van der Waals surface area contributed by atoms with Gasteiger partial charge in [-0.3, -0.25) is 4.79 Å². The summed E-state index contributed by atoms with van der Waals surface area (Å²) in [5.41, 5.74) is 0.0272. The number of aromatic nitrogens is 2. The van der Waals surface area contributed by atoms with Gasteiger partial charge in [-0.2, -0.15) is 4.31 Å². The van der Waals surface area contributed by atoms with Crippen molar-refractivity contribution in [1.82, 2.24) is 14.3 Å². The lowest BCUT2D eigenvalue weighted by atomic mass is 10.2. The standard InChI is InChI=1S/C19H23ClN4O5S2/c1-2-30(26,27)19-21-13-16(20)17(23-19)18(25)22-14-7-9-15(10-8-14)31(28,29)24-11-5-3-4-6-12-24/h7-10,13H,2-6,11-12H2,1H3,(H,22,25). The van der Waals surface area contributed by atoms with E-state index in [0.717, 1.165) is 31.9 Å². The molecule has 1 aromatic carbocycles. The molecule has 1 N–H and O–H groups in total. The Labute approximate surface area is 186 Å². The Morgan fingerprint density at radius 1 is 1.06 bits per heavy atom. The number of sulfone groups is 1. The van der Waals surface area contributed by atoms with Crippen molar-refractivity contribution in [2.24, 2.45) is 0 Å². The first-order valence-corrected chi connectivity index (χ1v) is 13.3. The van der Waals surface area contributed by atoms with Gasteiger partial charge in [0.1, 0.15) is 0 Å². The molecule has 9 nitrogen and oxygen atoms in total. The van der Waals surface area contributed by atoms with Gasteiger partial charge < -0.3 is 5.32 Å². The van der Waals surface area contributed by atoms with Crippen molar-refractivity contribution in [3.63, 3.8) is 0 Å². The SMILES string of the molecule is CCS(=O)(=O)c1ncc(Cl)c(C(=O)Nc2ccc(S(=O)(=O)N3CCCCCC3)cc2)n1. The van der Waals surface area contributed by atoms with Gasteiger partial charge in [-0.25, -0.2) is 26.8 Å². The average Bonchev–Trinajstić information content (AvgIpc) is 3.04. The number of amides is 1. The maximum absolute atomic E-state index is 12.8. The van der Waals surface area contributed by atoms with E-state index in [0.29, 0.717) is 18.8 Å². The van der Waals surface area contributed by atoms with Crippen LogP contribution in [0.25, 0.3) is 0 Å². The van der Waals surface area contributed by atoms with Crippen molar-refractivity contribution in [2.75, 3.05) is 24.2 Å². The lowest BCUT2D eigenvalue weighted by molar-refractivity contribution is 0.102. The number of hydrogen-bond donors (Lipinski definition) is 1. The van der Waals surface area contributed by atoms with Gasteiger partial charge >= 0.3 is 0 Å². The van der Waals surface area contributed by atoms with Crippen LogP contribution < -0.4 is 5.32 Å². The first kappa shape index (κ1) is 23.6. The zero-order chi connectivity index (χ0) is 22.6. The highest BCUT2D eigenvalue weighted by atomic mass is 35.5. The number of sulfonamides is 1. The fraction of sp³-hybridized carbons (Fsp3) is 0.421. The molecule has 1 saturated heterocycles. The smallest absolute Gasteiger partial charge is 0.275 e. The second-order valence-electron chi connectivity index (χ2n) is 7.05. The van der Waals surface area contributed by atoms with E-state index >= 15 is 0 Å². The minimum absolute atomic E-state index is 0.104. The molecule has 0 aliphatic carbocycles. The highest BCUT2D eigenvalue weighted by Gasteiger charge is 2.25. The van der Waals surface area contributed by atoms with Gasteiger partial charge in [0.15, 0.2) is 5.69 Å². The van der Waals surface area contributed by atoms with Gasteiger partial charge in [0.2, 0.25) is 25.0 Å². The highest BCUT2D eigenvalue weighted by molar-refractivity contribution is 7.91. The fourth-order valence-corrected chi connectivity index (χ4v) is 5.52. The number of nitrogens with one attached hydrogen (secondary N) is 1. The van der Waals surface area contributed by atoms with E-state index in [1.54, 1.807) is 0 Å². The molecule has 0 saturated carbocycles. The van der Waals surface area contributed by atoms with Gasteiger partial charge in [-0.05, 0) is 37.1 Å². The number of nitrogens with zero attached hydrogens (tertiary/aromatic N) is 3. The van der Waals surface area contributed by atoms with Crippen LogP contribution in [0.5, 0.6) is 0 Å². The molecule has 0 radical (unpaired) electrons. The monoisotopic (exact) mass is 486 g/mol. The van der Waals surface area contributed by atoms with Crippen LogP contribution in [0.15, 0.2) is 40.5 Å². The average molecular weight is 487 g/mol. The van der Waals surface area contributed by atoms with E-state index in [4.69, 9.17) is 11.6 Å². The van der Waals surface area contributed by atoms with Gasteiger partial charge in [0.05, 0.1) is 21.9 Å². The van der Waals surface area contributed by atoms with Gasteiger partial charge in [-0.15, -0.1) is 0 Å². The lowest BCUT2D eigenvalue weighted by Crippen LogP contribution is -2.31. The van der Waals surface area contributed by atoms with Gasteiger partial charge in [0.25, 0.3) is 5.91 Å². The molecule has 12 heteroatoms. The summed E-state index contributed by atoms with van der Waals surface area (Å²) < 4.78 is 51.1. The van der Waals surface area contributed by atoms with Crippen molar-refractivity contribution >= 4 is 43.1 Å². The molecule has 2 heterocycles. The number of hydrogen-bond acceptors (Lipinski definition) is 7. The molecule has 1 aliphatic heterocycles. The highest BCUT2D eigenvalue weighted by Crippen LogP contribution is 2.23. The summed E-state index contributed by atoms with van der Waals surface area (Å²) >= 11 is 5.97. The molecule has 0 atom stereocenters. The molecule has 0 spiro atoms. The second kappa shape index (κ2) is 9.60. The molecular formula is C19H23ClN4O5S2. The predicted molar refractivity (Wildman–Crippen MR) is 116 cm³/mol. The molecule has 1 aromatic heterocycles. The maximum Gasteiger partial charge on any atom is 0.275 e. The quantitative estimate of drug-likeness (QED) is 0.622. The van der Waals surface area contributed by atoms with E-state index in [1.165, 1.54) is 35.5 Å². The zero-order valence-electron chi connectivity index (χ0n) is 16.9. The van der Waals surface area contributed by atoms with Crippen LogP contribution in [0.3, 0.4) is 0 Å². The molecule has 1 aliphatic rings. The predicted octanol–water partition coefficient (Wildman–Crippen LogP) is 2.74. The summed E-state index contributed by atoms with van der Waals surface area (Å²) in [7, 11) is -7.31. The lowest BCUT2D eigenvalue weighted by Gasteiger charge is -2.20. The first-order valence-electron chi connectivity index (χ1n) is 9.82. The van der Waals surface area contributed by atoms with Gasteiger partial charge in [0, 0.05) is 18.8 Å². The molecule has 2 aromatic rings. The van der Waals surface area contributed by atoms with Crippen molar-refractivity contribution in [2.45, 2.75) is 42.7 Å². The molecule has 1 amide bonds. The Kier molecular flexibility index (Phi) is 7.30. The molecule has 0 bridgehead atoms. The minimum Gasteiger partial charge on any atom is -0.321 e. The van der Waals surface area contributed by atoms with E-state index in [1.807, 2.05) is 0 Å². The van der Waals surface area contributed by atoms with Crippen LogP contribution in [-0.2, 0) is 19.9 Å². The Balaban J connectivity index is 1.78. The summed E-state index contributed by atoms with van der Waals surface area (Å²) in [6.45, 7) is 2.43. The third-order valence-electron chi connectivity index (χ3n) is 4.91. The normalized spacial score (nSPS) is 15.9. The van der Waals surface area contributed by atoms with Crippen molar-refractivity contribution in [3.05, 3.63) is 41.2 Å². The number of carbonyl (C=O) groups excluding carboxylic acids is 1. The molecule has 3 rings (SSSR count). The van der Waals surface area contributed by atoms with Crippen LogP contribution in [0.2, 0.25) is 5.02 Å². The number of benzene rings is 1. The first-order chi connectivity index (χ1) is 14.6. The molecular weight excluding hydrogens is 464 g/mol. The largest absolute Gasteiger partial charge is 0.321 e. The second-order valence-corrected chi connectivity index (χ2v) is 11.6. The van der Waals surface area contributed by atoms with E-state index in [-0.39, 0.29) is 21.4 Å². The summed E-state index contributed by atoms with van der Waals surface area (Å²) in [4.78, 5) is 20.2. The topological polar surface area (TPSA) is 126 Å². The molecule has 1 fully saturated rings. The summed E-state index contributed by atoms with van der Waals surface area (Å²) in [5, 5.41) is 1.96. The van der Waals surface area contributed by atoms with Crippen LogP contribution in [0.4, 0.5) is 5.69 Å². The maximum atomic E-state index is 12.8. The third kappa shape index (κ3) is 5.40.